The molecule has 0 unspecified atom stereocenters. The molecular formula is C21H28N2O3S2. The Morgan fingerprint density at radius 3 is 2.54 bits per heavy atom. The first-order valence-electron chi connectivity index (χ1n) is 9.53. The molecule has 3 rings (SSSR count). The highest BCUT2D eigenvalue weighted by atomic mass is 32.2. The molecule has 1 amide bonds. The lowest BCUT2D eigenvalue weighted by molar-refractivity contribution is 0.0205. The molecule has 1 fully saturated rings. The van der Waals surface area contributed by atoms with Gasteiger partial charge in [-0.2, -0.15) is 0 Å². The maximum atomic E-state index is 12.2. The van der Waals surface area contributed by atoms with Crippen molar-refractivity contribution in [3.05, 3.63) is 40.3 Å². The maximum absolute atomic E-state index is 12.2. The highest BCUT2D eigenvalue weighted by molar-refractivity contribution is 7.98. The number of rotatable bonds is 5. The summed E-state index contributed by atoms with van der Waals surface area (Å²) >= 11 is 3.40. The Balaban J connectivity index is 1.48. The van der Waals surface area contributed by atoms with E-state index in [0.29, 0.717) is 25.6 Å². The molecule has 5 nitrogen and oxygen atoms in total. The van der Waals surface area contributed by atoms with Gasteiger partial charge in [-0.05, 0) is 64.1 Å². The van der Waals surface area contributed by atoms with Gasteiger partial charge in [0.15, 0.2) is 0 Å². The highest BCUT2D eigenvalue weighted by Crippen LogP contribution is 2.31. The first-order valence-corrected chi connectivity index (χ1v) is 11.6. The van der Waals surface area contributed by atoms with Crippen LogP contribution in [-0.2, 0) is 11.3 Å². The summed E-state index contributed by atoms with van der Waals surface area (Å²) in [5.74, 6) is 1.26. The molecule has 0 atom stereocenters. The minimum Gasteiger partial charge on any atom is -0.487 e. The summed E-state index contributed by atoms with van der Waals surface area (Å²) < 4.78 is 11.3. The zero-order chi connectivity index (χ0) is 20.1. The van der Waals surface area contributed by atoms with Gasteiger partial charge in [0, 0.05) is 29.3 Å². The molecule has 1 aromatic carbocycles. The second-order valence-electron chi connectivity index (χ2n) is 7.88. The number of hydrogen-bond acceptors (Lipinski definition) is 6. The lowest BCUT2D eigenvalue weighted by atomic mass is 9.98. The van der Waals surface area contributed by atoms with Crippen LogP contribution in [0.4, 0.5) is 4.79 Å². The van der Waals surface area contributed by atoms with Crippen molar-refractivity contribution in [1.82, 2.24) is 9.88 Å². The average Bonchev–Trinajstić information content (AvgIpc) is 3.14. The predicted octanol–water partition coefficient (Wildman–Crippen LogP) is 5.56. The number of nitrogens with zero attached hydrogens (tertiary/aromatic N) is 2. The van der Waals surface area contributed by atoms with Crippen LogP contribution < -0.4 is 4.74 Å². The molecule has 0 bridgehead atoms. The molecule has 0 saturated carbocycles. The van der Waals surface area contributed by atoms with E-state index in [1.807, 2.05) is 32.9 Å². The normalized spacial score (nSPS) is 15.5. The smallest absolute Gasteiger partial charge is 0.410 e. The first kappa shape index (κ1) is 21.0. The summed E-state index contributed by atoms with van der Waals surface area (Å²) in [5.41, 5.74) is 0.511. The second-order valence-corrected chi connectivity index (χ2v) is 9.65. The zero-order valence-corrected chi connectivity index (χ0v) is 18.6. The van der Waals surface area contributed by atoms with Crippen LogP contribution in [0.2, 0.25) is 0 Å². The van der Waals surface area contributed by atoms with Gasteiger partial charge >= 0.3 is 6.09 Å². The fourth-order valence-corrected chi connectivity index (χ4v) is 4.43. The third-order valence-electron chi connectivity index (χ3n) is 4.51. The average molecular weight is 421 g/mol. The number of hydrogen-bond donors (Lipinski definition) is 0. The van der Waals surface area contributed by atoms with Crippen LogP contribution in [-0.4, -0.2) is 40.9 Å². The number of ether oxygens (including phenoxy) is 2. The van der Waals surface area contributed by atoms with E-state index >= 15 is 0 Å². The number of piperidine rings is 1. The lowest BCUT2D eigenvalue weighted by Gasteiger charge is -2.32. The van der Waals surface area contributed by atoms with E-state index in [0.717, 1.165) is 29.3 Å². The van der Waals surface area contributed by atoms with Gasteiger partial charge in [0.1, 0.15) is 18.0 Å². The van der Waals surface area contributed by atoms with Gasteiger partial charge in [-0.15, -0.1) is 23.1 Å². The topological polar surface area (TPSA) is 51.7 Å². The van der Waals surface area contributed by atoms with E-state index in [-0.39, 0.29) is 6.09 Å². The summed E-state index contributed by atoms with van der Waals surface area (Å²) in [5, 5.41) is 3.21. The van der Waals surface area contributed by atoms with E-state index < -0.39 is 5.60 Å². The number of carbonyl (C=O) groups is 1. The van der Waals surface area contributed by atoms with E-state index in [9.17, 15) is 4.79 Å². The minimum atomic E-state index is -0.451. The summed E-state index contributed by atoms with van der Waals surface area (Å²) in [4.78, 5) is 20.0. The van der Waals surface area contributed by atoms with Crippen LogP contribution in [0, 0.1) is 0 Å². The van der Waals surface area contributed by atoms with Gasteiger partial charge in [0.05, 0.1) is 10.7 Å². The number of thiazole rings is 1. The van der Waals surface area contributed by atoms with Crippen molar-refractivity contribution in [2.24, 2.45) is 0 Å². The first-order chi connectivity index (χ1) is 13.3. The van der Waals surface area contributed by atoms with Crippen molar-refractivity contribution in [3.63, 3.8) is 0 Å². The van der Waals surface area contributed by atoms with Crippen LogP contribution in [0.5, 0.6) is 5.75 Å². The van der Waals surface area contributed by atoms with Crippen LogP contribution in [0.15, 0.2) is 34.5 Å². The van der Waals surface area contributed by atoms with Crippen LogP contribution >= 0.6 is 23.1 Å². The standard InChI is InChI=1S/C21H28N2O3S2/c1-21(2,3)26-20(24)23-11-9-15(10-12-23)19-22-16(14-28-19)13-25-17-5-7-18(27-4)8-6-17/h5-8,14-15H,9-13H2,1-4H3. The van der Waals surface area contributed by atoms with Gasteiger partial charge < -0.3 is 14.4 Å². The number of thioether (sulfide) groups is 1. The van der Waals surface area contributed by atoms with E-state index in [2.05, 4.69) is 23.8 Å². The molecule has 2 heterocycles. The number of aromatic nitrogens is 1. The molecule has 1 aliphatic rings. The molecule has 7 heteroatoms. The van der Waals surface area contributed by atoms with Crippen molar-refractivity contribution in [3.8, 4) is 5.75 Å². The third kappa shape index (κ3) is 5.88. The Bertz CT molecular complexity index is 776. The quantitative estimate of drug-likeness (QED) is 0.593. The van der Waals surface area contributed by atoms with Gasteiger partial charge in [-0.3, -0.25) is 0 Å². The van der Waals surface area contributed by atoms with E-state index in [1.54, 1.807) is 28.0 Å². The van der Waals surface area contributed by atoms with Gasteiger partial charge in [-0.1, -0.05) is 0 Å². The number of amides is 1. The lowest BCUT2D eigenvalue weighted by Crippen LogP contribution is -2.41. The molecular weight excluding hydrogens is 392 g/mol. The molecule has 0 radical (unpaired) electrons. The molecule has 2 aromatic rings. The molecule has 152 valence electrons. The maximum Gasteiger partial charge on any atom is 0.410 e. The molecule has 1 aliphatic heterocycles. The number of likely N-dealkylation sites (tertiary alicyclic amines) is 1. The van der Waals surface area contributed by atoms with Crippen molar-refractivity contribution >= 4 is 29.2 Å². The Labute approximate surface area is 175 Å². The Morgan fingerprint density at radius 1 is 1.25 bits per heavy atom. The van der Waals surface area contributed by atoms with Crippen molar-refractivity contribution in [1.29, 1.82) is 0 Å². The second kappa shape index (κ2) is 9.18. The molecule has 1 aromatic heterocycles. The number of benzene rings is 1. The molecule has 0 N–H and O–H groups in total. The zero-order valence-electron chi connectivity index (χ0n) is 16.9. The molecule has 1 saturated heterocycles. The monoisotopic (exact) mass is 420 g/mol. The third-order valence-corrected chi connectivity index (χ3v) is 6.31. The van der Waals surface area contributed by atoms with E-state index in [4.69, 9.17) is 14.5 Å². The molecule has 0 spiro atoms. The minimum absolute atomic E-state index is 0.216. The van der Waals surface area contributed by atoms with Gasteiger partial charge in [0.2, 0.25) is 0 Å². The van der Waals surface area contributed by atoms with Crippen molar-refractivity contribution < 1.29 is 14.3 Å². The van der Waals surface area contributed by atoms with Crippen LogP contribution in [0.25, 0.3) is 0 Å². The van der Waals surface area contributed by atoms with Crippen molar-refractivity contribution in [2.75, 3.05) is 19.3 Å². The fraction of sp³-hybridized carbons (Fsp3) is 0.524. The summed E-state index contributed by atoms with van der Waals surface area (Å²) in [7, 11) is 0. The number of carbonyl (C=O) groups excluding carboxylic acids is 1. The summed E-state index contributed by atoms with van der Waals surface area (Å²) in [6, 6.07) is 8.10. The Morgan fingerprint density at radius 2 is 1.93 bits per heavy atom. The van der Waals surface area contributed by atoms with Gasteiger partial charge in [-0.25, -0.2) is 9.78 Å². The molecule has 0 aliphatic carbocycles. The predicted molar refractivity (Wildman–Crippen MR) is 114 cm³/mol. The van der Waals surface area contributed by atoms with Gasteiger partial charge in [0.25, 0.3) is 0 Å². The summed E-state index contributed by atoms with van der Waals surface area (Å²) in [6.07, 6.45) is 3.68. The summed E-state index contributed by atoms with van der Waals surface area (Å²) in [6.45, 7) is 7.60. The molecule has 28 heavy (non-hydrogen) atoms. The largest absolute Gasteiger partial charge is 0.487 e. The Kier molecular flexibility index (Phi) is 6.88. The SMILES string of the molecule is CSc1ccc(OCc2csc(C3CCN(C(=O)OC(C)(C)C)CC3)n2)cc1. The van der Waals surface area contributed by atoms with Crippen LogP contribution in [0.3, 0.4) is 0 Å². The highest BCUT2D eigenvalue weighted by Gasteiger charge is 2.28. The van der Waals surface area contributed by atoms with Crippen molar-refractivity contribution in [2.45, 2.75) is 56.6 Å². The fourth-order valence-electron chi connectivity index (χ4n) is 3.04. The van der Waals surface area contributed by atoms with E-state index in [1.165, 1.54) is 4.90 Å². The Hall–Kier alpha value is -1.73. The van der Waals surface area contributed by atoms with Crippen LogP contribution in [0.1, 0.15) is 50.2 Å².